The summed E-state index contributed by atoms with van der Waals surface area (Å²) in [5.74, 6) is 0.504. The lowest BCUT2D eigenvalue weighted by Gasteiger charge is -2.26. The van der Waals surface area contributed by atoms with E-state index in [2.05, 4.69) is 32.3 Å². The van der Waals surface area contributed by atoms with Gasteiger partial charge in [0, 0.05) is 44.1 Å². The standard InChI is InChI=1S/C19H18N6S2/c20-17-13(18-24-14-3-1-2-4-15(14)26-18)9-12(10-22-17)16-11-23-19(27-16)25-7-5-21-6-8-25/h1-4,9-11,21H,5-8H2,(H2,20,22). The zero-order chi connectivity index (χ0) is 18.2. The molecule has 0 unspecified atom stereocenters. The van der Waals surface area contributed by atoms with E-state index < -0.39 is 0 Å². The quantitative estimate of drug-likeness (QED) is 0.554. The maximum atomic E-state index is 6.17. The average Bonchev–Trinajstić information content (AvgIpc) is 3.36. The minimum atomic E-state index is 0.504. The number of nitrogens with zero attached hydrogens (tertiary/aromatic N) is 4. The summed E-state index contributed by atoms with van der Waals surface area (Å²) < 4.78 is 1.15. The fourth-order valence-electron chi connectivity index (χ4n) is 3.17. The molecule has 0 aliphatic carbocycles. The van der Waals surface area contributed by atoms with Crippen LogP contribution in [0.1, 0.15) is 0 Å². The lowest BCUT2D eigenvalue weighted by molar-refractivity contribution is 0.588. The summed E-state index contributed by atoms with van der Waals surface area (Å²) in [6.45, 7) is 3.98. The zero-order valence-corrected chi connectivity index (χ0v) is 16.2. The molecule has 136 valence electrons. The molecule has 0 bridgehead atoms. The summed E-state index contributed by atoms with van der Waals surface area (Å²) in [6.07, 6.45) is 3.75. The molecule has 1 saturated heterocycles. The topological polar surface area (TPSA) is 80.0 Å². The Morgan fingerprint density at radius 2 is 1.89 bits per heavy atom. The number of nitrogen functional groups attached to an aromatic ring is 1. The molecule has 0 spiro atoms. The van der Waals surface area contributed by atoms with Gasteiger partial charge in [0.05, 0.1) is 20.7 Å². The number of nitrogens with two attached hydrogens (primary N) is 1. The first kappa shape index (κ1) is 16.6. The number of pyridine rings is 1. The highest BCUT2D eigenvalue weighted by atomic mass is 32.1. The maximum Gasteiger partial charge on any atom is 0.185 e. The molecule has 0 amide bonds. The van der Waals surface area contributed by atoms with E-state index in [0.717, 1.165) is 62.5 Å². The molecule has 1 aliphatic heterocycles. The van der Waals surface area contributed by atoms with Crippen molar-refractivity contribution in [3.05, 3.63) is 42.7 Å². The van der Waals surface area contributed by atoms with Crippen LogP contribution in [0.2, 0.25) is 0 Å². The van der Waals surface area contributed by atoms with Gasteiger partial charge in [0.15, 0.2) is 5.13 Å². The van der Waals surface area contributed by atoms with Crippen LogP contribution < -0.4 is 16.0 Å². The molecule has 1 fully saturated rings. The van der Waals surface area contributed by atoms with Crippen molar-refractivity contribution in [3.8, 4) is 21.0 Å². The minimum absolute atomic E-state index is 0.504. The number of piperazine rings is 1. The third-order valence-electron chi connectivity index (χ3n) is 4.61. The summed E-state index contributed by atoms with van der Waals surface area (Å²) in [5.41, 5.74) is 9.06. The van der Waals surface area contributed by atoms with Gasteiger partial charge in [0.2, 0.25) is 0 Å². The van der Waals surface area contributed by atoms with Crippen molar-refractivity contribution in [2.75, 3.05) is 36.8 Å². The fraction of sp³-hybridized carbons (Fsp3) is 0.211. The maximum absolute atomic E-state index is 6.17. The molecule has 1 aromatic carbocycles. The van der Waals surface area contributed by atoms with Crippen molar-refractivity contribution in [3.63, 3.8) is 0 Å². The Kier molecular flexibility index (Phi) is 4.23. The third-order valence-corrected chi connectivity index (χ3v) is 6.79. The fourth-order valence-corrected chi connectivity index (χ4v) is 5.11. The predicted molar refractivity (Wildman–Crippen MR) is 113 cm³/mol. The van der Waals surface area contributed by atoms with Gasteiger partial charge in [-0.25, -0.2) is 15.0 Å². The monoisotopic (exact) mass is 394 g/mol. The summed E-state index contributed by atoms with van der Waals surface area (Å²) in [6, 6.07) is 10.2. The molecule has 1 aliphatic rings. The number of nitrogens with one attached hydrogen (secondary N) is 1. The summed E-state index contributed by atoms with van der Waals surface area (Å²) >= 11 is 3.33. The number of fused-ring (bicyclic) bond motifs is 1. The van der Waals surface area contributed by atoms with Crippen LogP contribution >= 0.6 is 22.7 Å². The molecule has 0 radical (unpaired) electrons. The Morgan fingerprint density at radius 1 is 1.04 bits per heavy atom. The molecule has 5 rings (SSSR count). The van der Waals surface area contributed by atoms with E-state index in [1.54, 1.807) is 22.7 Å². The van der Waals surface area contributed by atoms with Gasteiger partial charge in [-0.1, -0.05) is 23.5 Å². The molecule has 3 aromatic heterocycles. The summed E-state index contributed by atoms with van der Waals surface area (Å²) in [7, 11) is 0. The molecule has 0 atom stereocenters. The third kappa shape index (κ3) is 3.16. The SMILES string of the molecule is Nc1ncc(-c2cnc(N3CCNCC3)s2)cc1-c1nc2ccccc2s1. The van der Waals surface area contributed by atoms with Gasteiger partial charge in [-0.15, -0.1) is 11.3 Å². The number of thiazole rings is 2. The van der Waals surface area contributed by atoms with Gasteiger partial charge in [-0.05, 0) is 18.2 Å². The highest BCUT2D eigenvalue weighted by Gasteiger charge is 2.16. The minimum Gasteiger partial charge on any atom is -0.383 e. The molecule has 27 heavy (non-hydrogen) atoms. The van der Waals surface area contributed by atoms with E-state index in [-0.39, 0.29) is 0 Å². The van der Waals surface area contributed by atoms with Gasteiger partial charge in [-0.3, -0.25) is 0 Å². The number of hydrogen-bond acceptors (Lipinski definition) is 8. The highest BCUT2D eigenvalue weighted by Crippen LogP contribution is 2.37. The highest BCUT2D eigenvalue weighted by molar-refractivity contribution is 7.21. The second kappa shape index (κ2) is 6.88. The Bertz CT molecular complexity index is 1060. The van der Waals surface area contributed by atoms with Crippen molar-refractivity contribution in [2.45, 2.75) is 0 Å². The van der Waals surface area contributed by atoms with Crippen molar-refractivity contribution in [1.29, 1.82) is 0 Å². The number of anilines is 2. The van der Waals surface area contributed by atoms with E-state index in [1.165, 1.54) is 0 Å². The van der Waals surface area contributed by atoms with Crippen LogP contribution in [0.5, 0.6) is 0 Å². The van der Waals surface area contributed by atoms with E-state index in [9.17, 15) is 0 Å². The first-order valence-electron chi connectivity index (χ1n) is 8.81. The van der Waals surface area contributed by atoms with E-state index in [0.29, 0.717) is 5.82 Å². The second-order valence-electron chi connectivity index (χ2n) is 6.39. The number of hydrogen-bond donors (Lipinski definition) is 2. The van der Waals surface area contributed by atoms with Crippen LogP contribution in [0.15, 0.2) is 42.7 Å². The van der Waals surface area contributed by atoms with Crippen molar-refractivity contribution in [1.82, 2.24) is 20.3 Å². The molecule has 3 N–H and O–H groups in total. The Morgan fingerprint density at radius 3 is 2.74 bits per heavy atom. The van der Waals surface area contributed by atoms with Crippen molar-refractivity contribution >= 4 is 43.8 Å². The van der Waals surface area contributed by atoms with Gasteiger partial charge in [0.1, 0.15) is 10.8 Å². The van der Waals surface area contributed by atoms with Crippen molar-refractivity contribution < 1.29 is 0 Å². The van der Waals surface area contributed by atoms with Crippen LogP contribution in [0, 0.1) is 0 Å². The van der Waals surface area contributed by atoms with Crippen LogP contribution in [0.25, 0.3) is 31.2 Å². The molecule has 0 saturated carbocycles. The molecular weight excluding hydrogens is 376 g/mol. The zero-order valence-electron chi connectivity index (χ0n) is 14.6. The van der Waals surface area contributed by atoms with E-state index in [4.69, 9.17) is 10.7 Å². The number of benzene rings is 1. The Hall–Kier alpha value is -2.55. The Balaban J connectivity index is 1.51. The number of para-hydroxylation sites is 1. The molecular formula is C19H18N6S2. The first-order valence-corrected chi connectivity index (χ1v) is 10.4. The molecule has 4 heterocycles. The van der Waals surface area contributed by atoms with Crippen LogP contribution in [-0.2, 0) is 0 Å². The van der Waals surface area contributed by atoms with Gasteiger partial charge >= 0.3 is 0 Å². The van der Waals surface area contributed by atoms with Gasteiger partial charge < -0.3 is 16.0 Å². The second-order valence-corrected chi connectivity index (χ2v) is 8.43. The number of aromatic nitrogens is 3. The van der Waals surface area contributed by atoms with E-state index in [1.807, 2.05) is 30.6 Å². The van der Waals surface area contributed by atoms with Crippen LogP contribution in [-0.4, -0.2) is 41.1 Å². The first-order chi connectivity index (χ1) is 13.3. The predicted octanol–water partition coefficient (Wildman–Crippen LogP) is 3.47. The van der Waals surface area contributed by atoms with Gasteiger partial charge in [0.25, 0.3) is 0 Å². The normalized spacial score (nSPS) is 14.7. The van der Waals surface area contributed by atoms with Crippen LogP contribution in [0.3, 0.4) is 0 Å². The summed E-state index contributed by atoms with van der Waals surface area (Å²) in [5, 5.41) is 5.33. The van der Waals surface area contributed by atoms with Crippen molar-refractivity contribution in [2.24, 2.45) is 0 Å². The average molecular weight is 395 g/mol. The smallest absolute Gasteiger partial charge is 0.185 e. The van der Waals surface area contributed by atoms with Gasteiger partial charge in [-0.2, -0.15) is 0 Å². The summed E-state index contributed by atoms with van der Waals surface area (Å²) in [4.78, 5) is 17.2. The lowest BCUT2D eigenvalue weighted by atomic mass is 10.2. The molecule has 4 aromatic rings. The number of rotatable bonds is 3. The van der Waals surface area contributed by atoms with Crippen LogP contribution in [0.4, 0.5) is 10.9 Å². The van der Waals surface area contributed by atoms with E-state index >= 15 is 0 Å². The molecule has 6 nitrogen and oxygen atoms in total. The molecule has 8 heteroatoms. The Labute approximate surface area is 164 Å². The largest absolute Gasteiger partial charge is 0.383 e. The lowest BCUT2D eigenvalue weighted by Crippen LogP contribution is -2.43.